The van der Waals surface area contributed by atoms with Crippen molar-refractivity contribution in [3.05, 3.63) is 42.4 Å². The van der Waals surface area contributed by atoms with E-state index in [1.165, 1.54) is 32.1 Å². The molecule has 2 fully saturated rings. The Labute approximate surface area is 196 Å². The Balaban J connectivity index is 1.54. The van der Waals surface area contributed by atoms with E-state index in [0.29, 0.717) is 30.5 Å². The second-order valence-corrected chi connectivity index (χ2v) is 9.47. The molecule has 1 saturated heterocycles. The van der Waals surface area contributed by atoms with Crippen molar-refractivity contribution in [1.82, 2.24) is 19.8 Å². The van der Waals surface area contributed by atoms with Crippen LogP contribution in [0.5, 0.6) is 0 Å². The van der Waals surface area contributed by atoms with E-state index < -0.39 is 0 Å². The summed E-state index contributed by atoms with van der Waals surface area (Å²) in [6, 6.07) is 10.1. The predicted molar refractivity (Wildman–Crippen MR) is 132 cm³/mol. The second kappa shape index (κ2) is 11.1. The number of benzene rings is 1. The van der Waals surface area contributed by atoms with Crippen LogP contribution >= 0.6 is 12.2 Å². The third kappa shape index (κ3) is 5.38. The number of hydrogen-bond donors (Lipinski definition) is 2. The number of amides is 1. The fraction of sp³-hybridized carbons (Fsp3) is 0.560. The summed E-state index contributed by atoms with van der Waals surface area (Å²) in [7, 11) is 0. The molecule has 7 heteroatoms. The highest BCUT2D eigenvalue weighted by atomic mass is 32.1. The molecule has 1 saturated carbocycles. The molecule has 2 heterocycles. The number of hydrogen-bond acceptors (Lipinski definition) is 4. The first-order chi connectivity index (χ1) is 15.7. The number of unbranched alkanes of at least 4 members (excludes halogenated alkanes) is 2. The van der Waals surface area contributed by atoms with Crippen LogP contribution in [0.3, 0.4) is 0 Å². The van der Waals surface area contributed by atoms with Crippen molar-refractivity contribution in [1.29, 1.82) is 0 Å². The summed E-state index contributed by atoms with van der Waals surface area (Å²) >= 11 is 5.91. The van der Waals surface area contributed by atoms with E-state index in [9.17, 15) is 4.79 Å². The van der Waals surface area contributed by atoms with Gasteiger partial charge in [-0.1, -0.05) is 56.0 Å². The fourth-order valence-corrected chi connectivity index (χ4v) is 5.35. The molecular weight excluding hydrogens is 418 g/mol. The van der Waals surface area contributed by atoms with Gasteiger partial charge in [-0.25, -0.2) is 4.98 Å². The van der Waals surface area contributed by atoms with Crippen molar-refractivity contribution in [3.8, 4) is 11.3 Å². The van der Waals surface area contributed by atoms with Crippen molar-refractivity contribution < 1.29 is 4.79 Å². The number of nitrogens with two attached hydrogens (primary N) is 1. The van der Waals surface area contributed by atoms with Gasteiger partial charge in [-0.3, -0.25) is 9.69 Å². The van der Waals surface area contributed by atoms with Crippen molar-refractivity contribution in [2.45, 2.75) is 63.8 Å². The van der Waals surface area contributed by atoms with Crippen LogP contribution in [0.25, 0.3) is 11.3 Å². The molecule has 2 aliphatic rings. The number of thiocarbonyl (C=S) groups is 1. The third-order valence-electron chi connectivity index (χ3n) is 6.78. The fourth-order valence-electron chi connectivity index (χ4n) is 4.96. The van der Waals surface area contributed by atoms with Gasteiger partial charge in [-0.05, 0) is 55.9 Å². The first-order valence-electron chi connectivity index (χ1n) is 12.1. The van der Waals surface area contributed by atoms with Crippen LogP contribution in [0.1, 0.15) is 69.7 Å². The van der Waals surface area contributed by atoms with Crippen LogP contribution < -0.4 is 5.73 Å². The molecule has 1 amide bonds. The maximum absolute atomic E-state index is 13.1. The van der Waals surface area contributed by atoms with Crippen LogP contribution in [0.2, 0.25) is 0 Å². The van der Waals surface area contributed by atoms with E-state index in [0.717, 1.165) is 42.9 Å². The van der Waals surface area contributed by atoms with Crippen LogP contribution in [0.4, 0.5) is 0 Å². The van der Waals surface area contributed by atoms with Crippen LogP contribution in [-0.2, 0) is 4.79 Å². The van der Waals surface area contributed by atoms with Gasteiger partial charge in [0.15, 0.2) is 5.11 Å². The molecule has 1 aromatic carbocycles. The molecule has 0 spiro atoms. The Morgan fingerprint density at radius 3 is 2.62 bits per heavy atom. The molecule has 172 valence electrons. The van der Waals surface area contributed by atoms with Gasteiger partial charge in [0.05, 0.1) is 24.4 Å². The van der Waals surface area contributed by atoms with Crippen LogP contribution in [-0.4, -0.2) is 50.4 Å². The minimum atomic E-state index is -0.130. The molecule has 1 aliphatic carbocycles. The highest BCUT2D eigenvalue weighted by Gasteiger charge is 2.39. The lowest BCUT2D eigenvalue weighted by molar-refractivity contribution is -0.131. The molecule has 1 aliphatic heterocycles. The molecule has 6 nitrogen and oxygen atoms in total. The Morgan fingerprint density at radius 2 is 1.88 bits per heavy atom. The van der Waals surface area contributed by atoms with E-state index in [2.05, 4.69) is 22.0 Å². The molecule has 1 unspecified atom stereocenters. The number of aromatic amines is 1. The molecule has 1 atom stereocenters. The quantitative estimate of drug-likeness (QED) is 0.427. The average Bonchev–Trinajstić information content (AvgIpc) is 3.32. The van der Waals surface area contributed by atoms with E-state index in [1.54, 1.807) is 0 Å². The lowest BCUT2D eigenvalue weighted by Gasteiger charge is -2.44. The Morgan fingerprint density at radius 1 is 1.09 bits per heavy atom. The maximum Gasteiger partial charge on any atom is 0.231 e. The molecule has 0 bridgehead atoms. The van der Waals surface area contributed by atoms with Gasteiger partial charge >= 0.3 is 0 Å². The van der Waals surface area contributed by atoms with Crippen LogP contribution in [0.15, 0.2) is 36.5 Å². The smallest absolute Gasteiger partial charge is 0.231 e. The molecule has 2 aromatic rings. The van der Waals surface area contributed by atoms with Gasteiger partial charge in [-0.2, -0.15) is 0 Å². The number of carbonyl (C=O) groups excluding carboxylic acids is 1. The number of carbonyl (C=O) groups is 1. The van der Waals surface area contributed by atoms with Gasteiger partial charge < -0.3 is 15.6 Å². The van der Waals surface area contributed by atoms with Crippen molar-refractivity contribution in [2.75, 3.05) is 19.6 Å². The van der Waals surface area contributed by atoms with Crippen molar-refractivity contribution in [3.63, 3.8) is 0 Å². The van der Waals surface area contributed by atoms with E-state index in [-0.39, 0.29) is 11.9 Å². The van der Waals surface area contributed by atoms with E-state index >= 15 is 0 Å². The van der Waals surface area contributed by atoms with Crippen molar-refractivity contribution >= 4 is 23.2 Å². The Kier molecular flexibility index (Phi) is 7.92. The minimum Gasteiger partial charge on any atom is -0.340 e. The average molecular weight is 454 g/mol. The minimum absolute atomic E-state index is 0.102. The zero-order valence-corrected chi connectivity index (χ0v) is 19.7. The third-order valence-corrected chi connectivity index (χ3v) is 7.24. The van der Waals surface area contributed by atoms with Gasteiger partial charge in [0.2, 0.25) is 5.91 Å². The zero-order chi connectivity index (χ0) is 22.3. The monoisotopic (exact) mass is 453 g/mol. The topological polar surface area (TPSA) is 78.2 Å². The van der Waals surface area contributed by atoms with Gasteiger partial charge in [-0.15, -0.1) is 0 Å². The lowest BCUT2D eigenvalue weighted by Crippen LogP contribution is -2.55. The molecule has 0 radical (unpaired) electrons. The molecule has 4 rings (SSSR count). The largest absolute Gasteiger partial charge is 0.340 e. The standard InChI is InChI=1S/C25H35N5OS/c26-14-8-3-9-15-29-23(31)16-22(30(25(29)32)18-19-10-4-1-5-11-19)24-27-17-21(28-24)20-12-6-2-7-13-20/h2,6-7,12-13,17,19,22H,1,3-5,8-11,14-16,18,26H2,(H,27,28). The summed E-state index contributed by atoms with van der Waals surface area (Å²) < 4.78 is 0. The van der Waals surface area contributed by atoms with E-state index in [1.807, 2.05) is 29.3 Å². The number of H-pyrrole nitrogens is 1. The second-order valence-electron chi connectivity index (χ2n) is 9.10. The summed E-state index contributed by atoms with van der Waals surface area (Å²) in [6.07, 6.45) is 11.6. The molecule has 1 aromatic heterocycles. The zero-order valence-electron chi connectivity index (χ0n) is 18.8. The SMILES string of the molecule is NCCCCCN1C(=O)CC(c2ncc(-c3ccccc3)[nH]2)N(CC2CCCCC2)C1=S. The molecular formula is C25H35N5OS. The van der Waals surface area contributed by atoms with Crippen molar-refractivity contribution in [2.24, 2.45) is 11.7 Å². The maximum atomic E-state index is 13.1. The van der Waals surface area contributed by atoms with Gasteiger partial charge in [0, 0.05) is 13.1 Å². The van der Waals surface area contributed by atoms with Gasteiger partial charge in [0.1, 0.15) is 5.82 Å². The number of imidazole rings is 1. The molecule has 32 heavy (non-hydrogen) atoms. The summed E-state index contributed by atoms with van der Waals surface area (Å²) in [5.74, 6) is 1.56. The Bertz CT molecular complexity index is 893. The van der Waals surface area contributed by atoms with E-state index in [4.69, 9.17) is 22.9 Å². The number of rotatable bonds is 9. The number of nitrogens with one attached hydrogen (secondary N) is 1. The van der Waals surface area contributed by atoms with Gasteiger partial charge in [0.25, 0.3) is 0 Å². The van der Waals surface area contributed by atoms with Crippen LogP contribution in [0, 0.1) is 5.92 Å². The first-order valence-corrected chi connectivity index (χ1v) is 12.5. The molecule has 3 N–H and O–H groups in total. The lowest BCUT2D eigenvalue weighted by atomic mass is 9.88. The summed E-state index contributed by atoms with van der Waals surface area (Å²) in [6.45, 7) is 2.27. The summed E-state index contributed by atoms with van der Waals surface area (Å²) in [5, 5.41) is 0.669. The predicted octanol–water partition coefficient (Wildman–Crippen LogP) is 4.65. The number of aromatic nitrogens is 2. The summed E-state index contributed by atoms with van der Waals surface area (Å²) in [5.41, 5.74) is 7.70. The highest BCUT2D eigenvalue weighted by molar-refractivity contribution is 7.80. The first kappa shape index (κ1) is 22.9. The normalized spacial score (nSPS) is 20.2. The number of nitrogens with zero attached hydrogens (tertiary/aromatic N) is 3. The highest BCUT2D eigenvalue weighted by Crippen LogP contribution is 2.34. The Hall–Kier alpha value is -2.25. The summed E-state index contributed by atoms with van der Waals surface area (Å²) in [4.78, 5) is 25.4.